The van der Waals surface area contributed by atoms with E-state index in [2.05, 4.69) is 33.8 Å². The van der Waals surface area contributed by atoms with Gasteiger partial charge in [0.05, 0.1) is 24.6 Å². The maximum atomic E-state index is 12.7. The molecule has 2 unspecified atom stereocenters. The second-order valence-electron chi connectivity index (χ2n) is 12.3. The third kappa shape index (κ3) is 12.4. The van der Waals surface area contributed by atoms with Gasteiger partial charge in [-0.2, -0.15) is 4.31 Å². The van der Waals surface area contributed by atoms with Crippen LogP contribution in [0.5, 0.6) is 0 Å². The lowest BCUT2D eigenvalue weighted by atomic mass is 9.87. The summed E-state index contributed by atoms with van der Waals surface area (Å²) in [6.07, 6.45) is -7.21. The molecule has 3 heterocycles. The first-order chi connectivity index (χ1) is 25.9. The normalized spacial score (nSPS) is 21.6. The van der Waals surface area contributed by atoms with Crippen molar-refractivity contribution in [2.75, 3.05) is 25.5 Å². The molecule has 0 spiro atoms. The molecule has 1 aliphatic heterocycles. The Balaban J connectivity index is 1.27. The van der Waals surface area contributed by atoms with E-state index in [9.17, 15) is 57.9 Å². The van der Waals surface area contributed by atoms with Gasteiger partial charge in [-0.25, -0.2) is 28.6 Å². The molecule has 4 rings (SSSR count). The summed E-state index contributed by atoms with van der Waals surface area (Å²) < 4.78 is 64.3. The van der Waals surface area contributed by atoms with E-state index in [0.29, 0.717) is 17.0 Å². The van der Waals surface area contributed by atoms with Crippen molar-refractivity contribution in [2.45, 2.75) is 50.9 Å². The van der Waals surface area contributed by atoms with Gasteiger partial charge in [-0.05, 0) is 18.2 Å². The van der Waals surface area contributed by atoms with Crippen molar-refractivity contribution in [3.05, 3.63) is 46.5 Å². The molecule has 0 saturated carbocycles. The predicted molar refractivity (Wildman–Crippen MR) is 193 cm³/mol. The molecule has 0 radical (unpaired) electrons. The van der Waals surface area contributed by atoms with E-state index < -0.39 is 89.7 Å². The van der Waals surface area contributed by atoms with E-state index in [0.717, 1.165) is 17.2 Å². The number of hydrogen-bond acceptors (Lipinski definition) is 18. The largest absolute Gasteiger partial charge is 0.481 e. The van der Waals surface area contributed by atoms with E-state index in [-0.39, 0.29) is 40.5 Å². The summed E-state index contributed by atoms with van der Waals surface area (Å²) in [5, 5.41) is 23.5. The van der Waals surface area contributed by atoms with Gasteiger partial charge >= 0.3 is 23.5 Å². The molecule has 1 fully saturated rings. The Morgan fingerprint density at radius 1 is 1.09 bits per heavy atom. The Labute approximate surface area is 329 Å². The molecule has 10 N–H and O–H groups in total. The molecule has 24 nitrogen and oxygen atoms in total. The van der Waals surface area contributed by atoms with Gasteiger partial charge in [-0.1, -0.05) is 37.0 Å². The monoisotopic (exact) mass is 911 g/mol. The summed E-state index contributed by atoms with van der Waals surface area (Å²) in [5.41, 5.74) is 4.28. The lowest BCUT2D eigenvalue weighted by molar-refractivity contribution is -0.137. The molecule has 1 aliphatic rings. The molecular weight excluding hydrogens is 878 g/mol. The lowest BCUT2D eigenvalue weighted by Crippen LogP contribution is -2.46. The Kier molecular flexibility index (Phi) is 15.2. The van der Waals surface area contributed by atoms with Gasteiger partial charge in [0.25, 0.3) is 0 Å². The molecule has 0 bridgehead atoms. The lowest BCUT2D eigenvalue weighted by Gasteiger charge is -2.30. The minimum atomic E-state index is -5.59. The van der Waals surface area contributed by atoms with Crippen LogP contribution in [0.4, 0.5) is 5.82 Å². The number of nitrogens with one attached hydrogen (secondary N) is 2. The highest BCUT2D eigenvalue weighted by molar-refractivity contribution is 8.12. The first kappa shape index (κ1) is 46.1. The van der Waals surface area contributed by atoms with Gasteiger partial charge in [0.1, 0.15) is 36.3 Å². The second-order valence-corrected chi connectivity index (χ2v) is 18.1. The summed E-state index contributed by atoms with van der Waals surface area (Å²) in [5.74, 6) is -1.77. The summed E-state index contributed by atoms with van der Waals surface area (Å²) >= 11 is 12.2. The standard InChI is InChI=1S/C26H34Cl2N7O17P3S/c1-26(2,20(38)23(39)30-6-5-16(36)34-56-25(40)13-4-3-12(27)7-14(13)28)9-49-55(46,47)52-54(44,45)48-8-15-19(51-53(41,42)43)18(37)24(50-15)35-11-33-17-21(29)31-10-32-22(17)35/h3-4,7,10-11,15,18-20,24,37-38H,5-6,8-9H2,1-2H3,(H,30,39)(H,34,36)(H,44,45)(H,46,47)(H2,29,31,32)(H2,41,42,43)/t15-,18-,19-,20+,24-/m1/s1. The Bertz CT molecular complexity index is 2090. The number of carbonyl (C=O) groups excluding carboxylic acids is 3. The Hall–Kier alpha value is -2.64. The van der Waals surface area contributed by atoms with Crippen LogP contribution in [0.1, 0.15) is 36.9 Å². The molecular formula is C26H34Cl2N7O17P3S. The van der Waals surface area contributed by atoms with Crippen LogP contribution in [0.15, 0.2) is 30.9 Å². The fourth-order valence-corrected chi connectivity index (χ4v) is 8.69. The molecule has 30 heteroatoms. The minimum Gasteiger partial charge on any atom is -0.386 e. The van der Waals surface area contributed by atoms with Crippen LogP contribution in [0, 0.1) is 5.41 Å². The number of benzene rings is 1. The van der Waals surface area contributed by atoms with E-state index in [4.69, 9.17) is 42.7 Å². The molecule has 56 heavy (non-hydrogen) atoms. The maximum Gasteiger partial charge on any atom is 0.481 e. The molecule has 1 aromatic carbocycles. The van der Waals surface area contributed by atoms with Gasteiger partial charge in [0, 0.05) is 40.9 Å². The van der Waals surface area contributed by atoms with E-state index >= 15 is 0 Å². The molecule has 310 valence electrons. The van der Waals surface area contributed by atoms with Crippen molar-refractivity contribution in [3.63, 3.8) is 0 Å². The van der Waals surface area contributed by atoms with Gasteiger partial charge in [0.15, 0.2) is 17.7 Å². The fraction of sp³-hybridized carbons (Fsp3) is 0.462. The van der Waals surface area contributed by atoms with Crippen LogP contribution in [0.3, 0.4) is 0 Å². The summed E-state index contributed by atoms with van der Waals surface area (Å²) in [6.45, 7) is 0.0449. The fourth-order valence-electron chi connectivity index (χ4n) is 4.72. The number of aliphatic hydroxyl groups excluding tert-OH is 2. The van der Waals surface area contributed by atoms with Crippen LogP contribution in [-0.2, 0) is 45.9 Å². The summed E-state index contributed by atoms with van der Waals surface area (Å²) in [4.78, 5) is 87.9. The van der Waals surface area contributed by atoms with E-state index in [1.165, 1.54) is 32.0 Å². The number of carbonyl (C=O) groups is 3. The number of nitrogens with two attached hydrogens (primary N) is 1. The summed E-state index contributed by atoms with van der Waals surface area (Å²) in [6, 6.07) is 4.15. The van der Waals surface area contributed by atoms with Gasteiger partial charge in [0.2, 0.25) is 16.9 Å². The number of nitrogen functional groups attached to an aromatic ring is 1. The molecule has 7 atom stereocenters. The number of rotatable bonds is 17. The average molecular weight is 912 g/mol. The van der Waals surface area contributed by atoms with Gasteiger partial charge in [-0.15, -0.1) is 0 Å². The SMILES string of the molecule is CC(C)(COP(=O)(O)OP(=O)(O)OC[C@H]1O[C@@H](n2cnc3c(N)ncnc32)[C@H](O)[C@@H]1OP(=O)(O)O)[C@@H](O)C(=O)NCCC(=O)NSC(=O)c1ccc(Cl)cc1Cl. The third-order valence-corrected chi connectivity index (χ3v) is 11.9. The zero-order chi connectivity index (χ0) is 41.8. The highest BCUT2D eigenvalue weighted by Crippen LogP contribution is 2.61. The maximum absolute atomic E-state index is 12.7. The van der Waals surface area contributed by atoms with E-state index in [1.54, 1.807) is 0 Å². The first-order valence-electron chi connectivity index (χ1n) is 15.5. The quantitative estimate of drug-likeness (QED) is 0.0678. The van der Waals surface area contributed by atoms with Crippen LogP contribution >= 0.6 is 58.6 Å². The first-order valence-corrected chi connectivity index (χ1v) is 21.6. The number of aromatic nitrogens is 4. The van der Waals surface area contributed by atoms with Crippen molar-refractivity contribution in [1.82, 2.24) is 29.6 Å². The predicted octanol–water partition coefficient (Wildman–Crippen LogP) is 1.20. The van der Waals surface area contributed by atoms with Crippen LogP contribution in [0.25, 0.3) is 11.2 Å². The third-order valence-electron chi connectivity index (χ3n) is 7.49. The Morgan fingerprint density at radius 3 is 2.43 bits per heavy atom. The number of anilines is 1. The number of amides is 2. The molecule has 2 aromatic heterocycles. The topological polar surface area (TPSA) is 364 Å². The number of nitrogens with zero attached hydrogens (tertiary/aromatic N) is 4. The number of aliphatic hydroxyl groups is 2. The van der Waals surface area contributed by atoms with Crippen LogP contribution in [-0.4, -0.2) is 110 Å². The Morgan fingerprint density at radius 2 is 1.77 bits per heavy atom. The van der Waals surface area contributed by atoms with Gasteiger partial charge < -0.3 is 45.6 Å². The number of ether oxygens (including phenoxy) is 1. The molecule has 3 aromatic rings. The molecule has 2 amide bonds. The number of phosphoric ester groups is 3. The molecule has 0 aliphatic carbocycles. The van der Waals surface area contributed by atoms with Gasteiger partial charge in [-0.3, -0.25) is 37.2 Å². The highest BCUT2D eigenvalue weighted by atomic mass is 35.5. The van der Waals surface area contributed by atoms with Crippen molar-refractivity contribution in [1.29, 1.82) is 0 Å². The highest BCUT2D eigenvalue weighted by Gasteiger charge is 2.50. The van der Waals surface area contributed by atoms with Crippen LogP contribution in [0.2, 0.25) is 10.0 Å². The average Bonchev–Trinajstić information content (AvgIpc) is 3.65. The van der Waals surface area contributed by atoms with Crippen LogP contribution < -0.4 is 15.8 Å². The summed E-state index contributed by atoms with van der Waals surface area (Å²) in [7, 11) is -16.5. The number of fused-ring (bicyclic) bond motifs is 1. The zero-order valence-electron chi connectivity index (χ0n) is 28.6. The number of imidazole rings is 1. The van der Waals surface area contributed by atoms with E-state index in [1.807, 2.05) is 0 Å². The number of hydrogen-bond donors (Lipinski definition) is 9. The molecule has 1 saturated heterocycles. The number of halogens is 2. The zero-order valence-corrected chi connectivity index (χ0v) is 33.7. The second kappa shape index (κ2) is 18.5. The number of phosphoric acid groups is 3. The van der Waals surface area contributed by atoms with Crippen molar-refractivity contribution >= 4 is 92.5 Å². The van der Waals surface area contributed by atoms with Crippen molar-refractivity contribution < 1.29 is 80.5 Å². The van der Waals surface area contributed by atoms with Crippen molar-refractivity contribution in [2.24, 2.45) is 5.41 Å². The smallest absolute Gasteiger partial charge is 0.386 e. The minimum absolute atomic E-state index is 0.0203. The van der Waals surface area contributed by atoms with Crippen molar-refractivity contribution in [3.8, 4) is 0 Å².